The SMILES string of the molecule is Oc1ccc([C@@H](O)[C@H]2CCCCN2)cc1O. The van der Waals surface area contributed by atoms with Gasteiger partial charge in [0.15, 0.2) is 11.5 Å². The molecule has 16 heavy (non-hydrogen) atoms. The van der Waals surface area contributed by atoms with Crippen molar-refractivity contribution in [3.63, 3.8) is 0 Å². The Morgan fingerprint density at radius 3 is 2.62 bits per heavy atom. The number of phenols is 2. The molecule has 4 heteroatoms. The molecule has 1 aromatic rings. The molecule has 1 aliphatic heterocycles. The number of rotatable bonds is 2. The van der Waals surface area contributed by atoms with Gasteiger partial charge in [-0.25, -0.2) is 0 Å². The van der Waals surface area contributed by atoms with E-state index in [9.17, 15) is 15.3 Å². The van der Waals surface area contributed by atoms with Crippen LogP contribution < -0.4 is 5.32 Å². The quantitative estimate of drug-likeness (QED) is 0.570. The summed E-state index contributed by atoms with van der Waals surface area (Å²) in [5.74, 6) is -0.347. The molecule has 0 saturated carbocycles. The molecule has 4 N–H and O–H groups in total. The highest BCUT2D eigenvalue weighted by Crippen LogP contribution is 2.30. The number of hydrogen-bond acceptors (Lipinski definition) is 4. The first-order valence-electron chi connectivity index (χ1n) is 5.62. The van der Waals surface area contributed by atoms with E-state index in [0.29, 0.717) is 5.56 Å². The van der Waals surface area contributed by atoms with Crippen molar-refractivity contribution in [1.29, 1.82) is 0 Å². The summed E-state index contributed by atoms with van der Waals surface area (Å²) in [6.07, 6.45) is 2.55. The van der Waals surface area contributed by atoms with E-state index in [1.165, 1.54) is 12.1 Å². The molecule has 1 aliphatic rings. The predicted molar refractivity (Wildman–Crippen MR) is 60.4 cm³/mol. The molecule has 1 heterocycles. The van der Waals surface area contributed by atoms with Gasteiger partial charge in [0.05, 0.1) is 6.10 Å². The lowest BCUT2D eigenvalue weighted by Crippen LogP contribution is -2.38. The average Bonchev–Trinajstić information content (AvgIpc) is 2.33. The largest absolute Gasteiger partial charge is 0.504 e. The summed E-state index contributed by atoms with van der Waals surface area (Å²) >= 11 is 0. The standard InChI is InChI=1S/C12H17NO3/c14-10-5-4-8(7-11(10)15)12(16)9-3-1-2-6-13-9/h4-5,7,9,12-16H,1-3,6H2/t9-,12-/m1/s1. The zero-order valence-electron chi connectivity index (χ0n) is 9.06. The molecule has 4 nitrogen and oxygen atoms in total. The maximum Gasteiger partial charge on any atom is 0.157 e. The molecular weight excluding hydrogens is 206 g/mol. The Labute approximate surface area is 94.5 Å². The summed E-state index contributed by atoms with van der Waals surface area (Å²) in [5.41, 5.74) is 0.634. The van der Waals surface area contributed by atoms with Crippen LogP contribution in [-0.2, 0) is 0 Å². The van der Waals surface area contributed by atoms with Crippen LogP contribution in [0.5, 0.6) is 11.5 Å². The fourth-order valence-electron chi connectivity index (χ4n) is 2.11. The van der Waals surface area contributed by atoms with Crippen LogP contribution in [0.25, 0.3) is 0 Å². The lowest BCUT2D eigenvalue weighted by molar-refractivity contribution is 0.113. The molecule has 1 aromatic carbocycles. The molecule has 2 rings (SSSR count). The Hall–Kier alpha value is -1.26. The Bertz CT molecular complexity index is 361. The monoisotopic (exact) mass is 223 g/mol. The highest BCUT2D eigenvalue weighted by molar-refractivity contribution is 5.41. The number of aromatic hydroxyl groups is 2. The number of piperidine rings is 1. The number of hydrogen-bond donors (Lipinski definition) is 4. The zero-order chi connectivity index (χ0) is 11.5. The van der Waals surface area contributed by atoms with E-state index >= 15 is 0 Å². The molecule has 0 amide bonds. The van der Waals surface area contributed by atoms with E-state index in [-0.39, 0.29) is 17.5 Å². The Balaban J connectivity index is 2.12. The lowest BCUT2D eigenvalue weighted by Gasteiger charge is -2.28. The maximum absolute atomic E-state index is 10.1. The van der Waals surface area contributed by atoms with Gasteiger partial charge in [-0.15, -0.1) is 0 Å². The van der Waals surface area contributed by atoms with Gasteiger partial charge in [0.25, 0.3) is 0 Å². The third kappa shape index (κ3) is 2.28. The van der Waals surface area contributed by atoms with Crippen molar-refractivity contribution in [2.75, 3.05) is 6.54 Å². The summed E-state index contributed by atoms with van der Waals surface area (Å²) in [6.45, 7) is 0.922. The molecule has 0 bridgehead atoms. The van der Waals surface area contributed by atoms with Gasteiger partial charge < -0.3 is 20.6 Å². The molecule has 1 saturated heterocycles. The van der Waals surface area contributed by atoms with Gasteiger partial charge in [-0.1, -0.05) is 12.5 Å². The molecule has 88 valence electrons. The first-order valence-corrected chi connectivity index (χ1v) is 5.62. The van der Waals surface area contributed by atoms with Crippen LogP contribution in [0.15, 0.2) is 18.2 Å². The van der Waals surface area contributed by atoms with Crippen molar-refractivity contribution < 1.29 is 15.3 Å². The second kappa shape index (κ2) is 4.72. The van der Waals surface area contributed by atoms with E-state index in [4.69, 9.17) is 0 Å². The minimum atomic E-state index is -0.633. The Morgan fingerprint density at radius 2 is 2.00 bits per heavy atom. The summed E-state index contributed by atoms with van der Waals surface area (Å²) in [4.78, 5) is 0. The number of nitrogens with one attached hydrogen (secondary N) is 1. The van der Waals surface area contributed by atoms with E-state index < -0.39 is 6.10 Å². The fourth-order valence-corrected chi connectivity index (χ4v) is 2.11. The average molecular weight is 223 g/mol. The van der Waals surface area contributed by atoms with Crippen LogP contribution in [0.3, 0.4) is 0 Å². The van der Waals surface area contributed by atoms with Crippen LogP contribution in [0.1, 0.15) is 30.9 Å². The van der Waals surface area contributed by atoms with E-state index in [1.54, 1.807) is 6.07 Å². The van der Waals surface area contributed by atoms with Crippen LogP contribution in [-0.4, -0.2) is 27.9 Å². The van der Waals surface area contributed by atoms with Gasteiger partial charge in [0.2, 0.25) is 0 Å². The van der Waals surface area contributed by atoms with Gasteiger partial charge in [0, 0.05) is 6.04 Å². The molecule has 0 aromatic heterocycles. The number of phenolic OH excluding ortho intramolecular Hbond substituents is 2. The van der Waals surface area contributed by atoms with Gasteiger partial charge in [0.1, 0.15) is 0 Å². The van der Waals surface area contributed by atoms with Gasteiger partial charge >= 0.3 is 0 Å². The van der Waals surface area contributed by atoms with E-state index in [1.807, 2.05) is 0 Å². The number of benzene rings is 1. The van der Waals surface area contributed by atoms with Crippen LogP contribution in [0.2, 0.25) is 0 Å². The second-order valence-electron chi connectivity index (χ2n) is 4.25. The summed E-state index contributed by atoms with van der Waals surface area (Å²) in [5, 5.41) is 31.9. The fraction of sp³-hybridized carbons (Fsp3) is 0.500. The second-order valence-corrected chi connectivity index (χ2v) is 4.25. The zero-order valence-corrected chi connectivity index (χ0v) is 9.06. The molecule has 0 spiro atoms. The first kappa shape index (κ1) is 11.2. The summed E-state index contributed by atoms with van der Waals surface area (Å²) < 4.78 is 0. The van der Waals surface area contributed by atoms with Gasteiger partial charge in [-0.2, -0.15) is 0 Å². The normalized spacial score (nSPS) is 22.9. The van der Waals surface area contributed by atoms with E-state index in [0.717, 1.165) is 25.8 Å². The van der Waals surface area contributed by atoms with Gasteiger partial charge in [-0.3, -0.25) is 0 Å². The van der Waals surface area contributed by atoms with E-state index in [2.05, 4.69) is 5.32 Å². The summed E-state index contributed by atoms with van der Waals surface area (Å²) in [7, 11) is 0. The summed E-state index contributed by atoms with van der Waals surface area (Å²) in [6, 6.07) is 4.49. The highest BCUT2D eigenvalue weighted by atomic mass is 16.3. The highest BCUT2D eigenvalue weighted by Gasteiger charge is 2.23. The molecule has 2 atom stereocenters. The third-order valence-corrected chi connectivity index (χ3v) is 3.07. The van der Waals surface area contributed by atoms with Crippen molar-refractivity contribution in [2.24, 2.45) is 0 Å². The number of aliphatic hydroxyl groups excluding tert-OH is 1. The smallest absolute Gasteiger partial charge is 0.157 e. The molecule has 1 fully saturated rings. The number of aliphatic hydroxyl groups is 1. The van der Waals surface area contributed by atoms with Crippen molar-refractivity contribution >= 4 is 0 Å². The maximum atomic E-state index is 10.1. The minimum absolute atomic E-state index is 0.0395. The Morgan fingerprint density at radius 1 is 1.19 bits per heavy atom. The minimum Gasteiger partial charge on any atom is -0.504 e. The molecular formula is C12H17NO3. The first-order chi connectivity index (χ1) is 7.68. The Kier molecular flexibility index (Phi) is 3.31. The third-order valence-electron chi connectivity index (χ3n) is 3.07. The van der Waals surface area contributed by atoms with Gasteiger partial charge in [-0.05, 0) is 37.1 Å². The van der Waals surface area contributed by atoms with Crippen LogP contribution in [0, 0.1) is 0 Å². The molecule has 0 aliphatic carbocycles. The molecule has 0 unspecified atom stereocenters. The van der Waals surface area contributed by atoms with Crippen molar-refractivity contribution in [2.45, 2.75) is 31.4 Å². The molecule has 0 radical (unpaired) electrons. The predicted octanol–water partition coefficient (Wildman–Crippen LogP) is 1.27. The van der Waals surface area contributed by atoms with Crippen LogP contribution in [0.4, 0.5) is 0 Å². The van der Waals surface area contributed by atoms with Crippen molar-refractivity contribution in [3.05, 3.63) is 23.8 Å². The van der Waals surface area contributed by atoms with Crippen LogP contribution >= 0.6 is 0 Å². The lowest BCUT2D eigenvalue weighted by atomic mass is 9.95. The topological polar surface area (TPSA) is 72.7 Å². The van der Waals surface area contributed by atoms with Crippen molar-refractivity contribution in [3.8, 4) is 11.5 Å². The van der Waals surface area contributed by atoms with Crippen molar-refractivity contribution in [1.82, 2.24) is 5.32 Å².